The predicted octanol–water partition coefficient (Wildman–Crippen LogP) is 3.80. The molecule has 100 valence electrons. The lowest BCUT2D eigenvalue weighted by atomic mass is 9.97. The zero-order valence-electron chi connectivity index (χ0n) is 10.7. The monoisotopic (exact) mass is 260 g/mol. The van der Waals surface area contributed by atoms with Gasteiger partial charge < -0.3 is 10.3 Å². The third kappa shape index (κ3) is 2.35. The topological polar surface area (TPSA) is 52.0 Å². The molecule has 0 amide bonds. The summed E-state index contributed by atoms with van der Waals surface area (Å²) in [5.74, 6) is 1.32. The Bertz CT molecular complexity index is 573. The predicted molar refractivity (Wildman–Crippen MR) is 72.0 cm³/mol. The summed E-state index contributed by atoms with van der Waals surface area (Å²) < 4.78 is 19.2. The summed E-state index contributed by atoms with van der Waals surface area (Å²) in [4.78, 5) is 0. The average Bonchev–Trinajstić information content (AvgIpc) is 3.02. The van der Waals surface area contributed by atoms with Crippen LogP contribution >= 0.6 is 0 Å². The third-order valence-electron chi connectivity index (χ3n) is 3.88. The van der Waals surface area contributed by atoms with Crippen LogP contribution in [0.4, 0.5) is 10.2 Å². The maximum atomic E-state index is 13.9. The van der Waals surface area contributed by atoms with Crippen molar-refractivity contribution in [1.82, 2.24) is 5.16 Å². The molecule has 0 atom stereocenters. The lowest BCUT2D eigenvalue weighted by molar-refractivity contribution is 0.362. The van der Waals surface area contributed by atoms with Crippen LogP contribution in [0.25, 0.3) is 11.1 Å². The van der Waals surface area contributed by atoms with Crippen molar-refractivity contribution in [1.29, 1.82) is 0 Å². The van der Waals surface area contributed by atoms with Crippen molar-refractivity contribution in [2.75, 3.05) is 5.73 Å². The molecule has 0 bridgehead atoms. The zero-order valence-corrected chi connectivity index (χ0v) is 10.7. The third-order valence-corrected chi connectivity index (χ3v) is 3.88. The van der Waals surface area contributed by atoms with Crippen LogP contribution in [0.3, 0.4) is 0 Å². The fourth-order valence-corrected chi connectivity index (χ4v) is 2.91. The average molecular weight is 260 g/mol. The van der Waals surface area contributed by atoms with Gasteiger partial charge in [-0.05, 0) is 12.0 Å². The minimum atomic E-state index is -0.287. The molecule has 1 fully saturated rings. The van der Waals surface area contributed by atoms with Crippen LogP contribution in [-0.4, -0.2) is 5.16 Å². The van der Waals surface area contributed by atoms with Gasteiger partial charge in [0.15, 0.2) is 5.82 Å². The van der Waals surface area contributed by atoms with Gasteiger partial charge in [0, 0.05) is 12.0 Å². The largest absolute Gasteiger partial charge is 0.380 e. The minimum Gasteiger partial charge on any atom is -0.380 e. The Morgan fingerprint density at radius 2 is 2.00 bits per heavy atom. The molecule has 0 unspecified atom stereocenters. The van der Waals surface area contributed by atoms with E-state index in [2.05, 4.69) is 5.16 Å². The summed E-state index contributed by atoms with van der Waals surface area (Å²) in [6.07, 6.45) is 5.75. The molecule has 19 heavy (non-hydrogen) atoms. The van der Waals surface area contributed by atoms with Gasteiger partial charge in [-0.15, -0.1) is 0 Å². The summed E-state index contributed by atoms with van der Waals surface area (Å²) in [7, 11) is 0. The lowest BCUT2D eigenvalue weighted by Gasteiger charge is -2.08. The highest BCUT2D eigenvalue weighted by Crippen LogP contribution is 2.35. The van der Waals surface area contributed by atoms with Crippen molar-refractivity contribution in [3.8, 4) is 11.1 Å². The fourth-order valence-electron chi connectivity index (χ4n) is 2.91. The van der Waals surface area contributed by atoms with E-state index < -0.39 is 0 Å². The molecule has 1 heterocycles. The molecular weight excluding hydrogens is 243 g/mol. The first-order chi connectivity index (χ1) is 9.25. The molecule has 1 saturated carbocycles. The van der Waals surface area contributed by atoms with Crippen molar-refractivity contribution in [2.45, 2.75) is 32.1 Å². The van der Waals surface area contributed by atoms with Gasteiger partial charge >= 0.3 is 0 Å². The number of hydrogen-bond donors (Lipinski definition) is 1. The highest BCUT2D eigenvalue weighted by Gasteiger charge is 2.23. The summed E-state index contributed by atoms with van der Waals surface area (Å²) in [5.41, 5.74) is 6.96. The smallest absolute Gasteiger partial charge is 0.175 e. The molecule has 1 aliphatic carbocycles. The maximum Gasteiger partial charge on any atom is 0.175 e. The van der Waals surface area contributed by atoms with Crippen molar-refractivity contribution >= 4 is 5.82 Å². The molecule has 0 saturated heterocycles. The first-order valence-electron chi connectivity index (χ1n) is 6.74. The van der Waals surface area contributed by atoms with E-state index in [1.165, 1.54) is 31.7 Å². The molecule has 2 aromatic rings. The molecule has 1 aliphatic rings. The van der Waals surface area contributed by atoms with Crippen molar-refractivity contribution in [3.63, 3.8) is 0 Å². The molecule has 2 N–H and O–H groups in total. The first kappa shape index (κ1) is 12.2. The van der Waals surface area contributed by atoms with Crippen LogP contribution in [0.1, 0.15) is 31.4 Å². The fraction of sp³-hybridized carbons (Fsp3) is 0.400. The van der Waals surface area contributed by atoms with E-state index >= 15 is 0 Å². The van der Waals surface area contributed by atoms with E-state index in [9.17, 15) is 4.39 Å². The van der Waals surface area contributed by atoms with Gasteiger partial charge in [0.05, 0.1) is 5.56 Å². The van der Waals surface area contributed by atoms with E-state index in [-0.39, 0.29) is 11.6 Å². The highest BCUT2D eigenvalue weighted by atomic mass is 19.1. The van der Waals surface area contributed by atoms with Gasteiger partial charge in [0.25, 0.3) is 0 Å². The Hall–Kier alpha value is -1.84. The summed E-state index contributed by atoms with van der Waals surface area (Å²) in [6.45, 7) is 0. The van der Waals surface area contributed by atoms with Gasteiger partial charge in [0.1, 0.15) is 11.6 Å². The molecular formula is C15H17FN2O. The molecule has 1 aromatic carbocycles. The number of nitrogen functional groups attached to an aromatic ring is 1. The Balaban J connectivity index is 1.96. The van der Waals surface area contributed by atoms with Crippen LogP contribution in [0.5, 0.6) is 0 Å². The normalized spacial score (nSPS) is 16.1. The van der Waals surface area contributed by atoms with Gasteiger partial charge in [-0.3, -0.25) is 0 Å². The van der Waals surface area contributed by atoms with Gasteiger partial charge in [-0.1, -0.05) is 49.0 Å². The lowest BCUT2D eigenvalue weighted by Crippen LogP contribution is -2.00. The van der Waals surface area contributed by atoms with Crippen LogP contribution in [0, 0.1) is 11.7 Å². The first-order valence-corrected chi connectivity index (χ1v) is 6.74. The van der Waals surface area contributed by atoms with Crippen LogP contribution in [0.2, 0.25) is 0 Å². The Morgan fingerprint density at radius 1 is 1.26 bits per heavy atom. The second-order valence-electron chi connectivity index (χ2n) is 5.20. The molecule has 1 aromatic heterocycles. The van der Waals surface area contributed by atoms with Crippen LogP contribution in [-0.2, 0) is 6.42 Å². The second kappa shape index (κ2) is 5.03. The van der Waals surface area contributed by atoms with E-state index in [0.717, 1.165) is 12.2 Å². The van der Waals surface area contributed by atoms with Crippen molar-refractivity contribution < 1.29 is 8.91 Å². The van der Waals surface area contributed by atoms with E-state index in [1.807, 2.05) is 0 Å². The van der Waals surface area contributed by atoms with Gasteiger partial charge in [-0.2, -0.15) is 0 Å². The molecule has 3 rings (SSSR count). The number of anilines is 1. The number of nitrogens with zero attached hydrogens (tertiary/aromatic N) is 1. The number of hydrogen-bond acceptors (Lipinski definition) is 3. The van der Waals surface area contributed by atoms with Gasteiger partial charge in [0.2, 0.25) is 0 Å². The molecule has 0 spiro atoms. The molecule has 4 heteroatoms. The van der Waals surface area contributed by atoms with E-state index in [0.29, 0.717) is 17.0 Å². The Labute approximate surface area is 111 Å². The number of benzene rings is 1. The minimum absolute atomic E-state index is 0.276. The second-order valence-corrected chi connectivity index (χ2v) is 5.20. The molecule has 0 radical (unpaired) electrons. The van der Waals surface area contributed by atoms with Gasteiger partial charge in [-0.25, -0.2) is 4.39 Å². The number of halogens is 1. The number of rotatable bonds is 3. The van der Waals surface area contributed by atoms with E-state index in [1.54, 1.807) is 18.2 Å². The summed E-state index contributed by atoms with van der Waals surface area (Å²) in [5, 5.41) is 3.81. The Morgan fingerprint density at radius 3 is 2.74 bits per heavy atom. The highest BCUT2D eigenvalue weighted by molar-refractivity contribution is 5.75. The van der Waals surface area contributed by atoms with Crippen LogP contribution < -0.4 is 5.73 Å². The summed E-state index contributed by atoms with van der Waals surface area (Å²) >= 11 is 0. The maximum absolute atomic E-state index is 13.9. The standard InChI is InChI=1S/C15H17FN2O/c16-12-8-4-3-7-11(12)14-13(19-18-15(14)17)9-10-5-1-2-6-10/h3-4,7-8,10H,1-2,5-6,9H2,(H2,17,18). The summed E-state index contributed by atoms with van der Waals surface area (Å²) in [6, 6.07) is 6.61. The molecule has 3 nitrogen and oxygen atoms in total. The van der Waals surface area contributed by atoms with E-state index in [4.69, 9.17) is 10.3 Å². The SMILES string of the molecule is Nc1noc(CC2CCCC2)c1-c1ccccc1F. The quantitative estimate of drug-likeness (QED) is 0.913. The van der Waals surface area contributed by atoms with Crippen molar-refractivity contribution in [2.24, 2.45) is 5.92 Å². The Kier molecular flexibility index (Phi) is 3.23. The van der Waals surface area contributed by atoms with Crippen LogP contribution in [0.15, 0.2) is 28.8 Å². The zero-order chi connectivity index (χ0) is 13.2. The number of nitrogens with two attached hydrogens (primary N) is 1. The number of aromatic nitrogens is 1. The van der Waals surface area contributed by atoms with Crippen molar-refractivity contribution in [3.05, 3.63) is 35.8 Å². The molecule has 0 aliphatic heterocycles.